The molecule has 148 valence electrons. The number of amides is 1. The summed E-state index contributed by atoms with van der Waals surface area (Å²) in [6.45, 7) is 3.35. The van der Waals surface area contributed by atoms with E-state index in [1.54, 1.807) is 12.4 Å². The number of nitrogens with zero attached hydrogens (tertiary/aromatic N) is 3. The predicted molar refractivity (Wildman–Crippen MR) is 112 cm³/mol. The van der Waals surface area contributed by atoms with Gasteiger partial charge in [-0.1, -0.05) is 24.3 Å². The highest BCUT2D eigenvalue weighted by Crippen LogP contribution is 2.26. The Morgan fingerprint density at radius 3 is 2.79 bits per heavy atom. The fourth-order valence-electron chi connectivity index (χ4n) is 3.85. The number of piperidine rings is 1. The third kappa shape index (κ3) is 4.42. The molecule has 1 aromatic carbocycles. The highest BCUT2D eigenvalue weighted by molar-refractivity contribution is 5.79. The molecule has 1 unspecified atom stereocenters. The Labute approximate surface area is 169 Å². The standard InChI is InChI=1S/C23H24N4O2/c1-16-5-2-3-6-18(16)13-22(29)27-12-4-7-19(15-27)23-25-20(14-21(28)26-23)17-8-10-24-11-9-17/h2-3,5-6,8-11,14,19H,4,7,12-13,15H2,1H3,(H,25,26,28). The van der Waals surface area contributed by atoms with Crippen molar-refractivity contribution < 1.29 is 4.79 Å². The van der Waals surface area contributed by atoms with Crippen molar-refractivity contribution in [1.82, 2.24) is 19.9 Å². The molecule has 6 nitrogen and oxygen atoms in total. The minimum Gasteiger partial charge on any atom is -0.342 e. The van der Waals surface area contributed by atoms with Crippen molar-refractivity contribution in [2.45, 2.75) is 32.1 Å². The number of H-pyrrole nitrogens is 1. The summed E-state index contributed by atoms with van der Waals surface area (Å²) in [5, 5.41) is 0. The third-order valence-corrected chi connectivity index (χ3v) is 5.50. The van der Waals surface area contributed by atoms with Gasteiger partial charge in [-0.05, 0) is 43.0 Å². The first-order valence-corrected chi connectivity index (χ1v) is 9.94. The zero-order valence-electron chi connectivity index (χ0n) is 16.5. The summed E-state index contributed by atoms with van der Waals surface area (Å²) in [5.41, 5.74) is 3.51. The van der Waals surface area contributed by atoms with E-state index < -0.39 is 0 Å². The summed E-state index contributed by atoms with van der Waals surface area (Å²) in [6, 6.07) is 13.2. The molecule has 4 rings (SSSR count). The summed E-state index contributed by atoms with van der Waals surface area (Å²) in [5.74, 6) is 0.799. The zero-order valence-corrected chi connectivity index (χ0v) is 16.5. The molecule has 0 aliphatic carbocycles. The fourth-order valence-corrected chi connectivity index (χ4v) is 3.85. The van der Waals surface area contributed by atoms with Crippen LogP contribution in [0.25, 0.3) is 11.3 Å². The lowest BCUT2D eigenvalue weighted by atomic mass is 9.96. The molecule has 1 fully saturated rings. The molecule has 2 aromatic heterocycles. The normalized spacial score (nSPS) is 16.6. The van der Waals surface area contributed by atoms with Gasteiger partial charge in [0.1, 0.15) is 5.82 Å². The van der Waals surface area contributed by atoms with Gasteiger partial charge in [0.15, 0.2) is 0 Å². The number of hydrogen-bond acceptors (Lipinski definition) is 4. The monoisotopic (exact) mass is 388 g/mol. The Kier molecular flexibility index (Phi) is 5.51. The maximum absolute atomic E-state index is 12.9. The number of likely N-dealkylation sites (tertiary alicyclic amines) is 1. The second kappa shape index (κ2) is 8.39. The number of pyridine rings is 1. The lowest BCUT2D eigenvalue weighted by Gasteiger charge is -2.32. The number of aryl methyl sites for hydroxylation is 1. The van der Waals surface area contributed by atoms with Crippen LogP contribution in [0.5, 0.6) is 0 Å². The van der Waals surface area contributed by atoms with E-state index in [1.807, 2.05) is 48.2 Å². The Morgan fingerprint density at radius 1 is 1.21 bits per heavy atom. The molecule has 0 spiro atoms. The number of nitrogens with one attached hydrogen (secondary N) is 1. The molecular formula is C23H24N4O2. The number of carbonyl (C=O) groups is 1. The van der Waals surface area contributed by atoms with Crippen LogP contribution < -0.4 is 5.56 Å². The van der Waals surface area contributed by atoms with Gasteiger partial charge in [0.05, 0.1) is 12.1 Å². The van der Waals surface area contributed by atoms with Gasteiger partial charge in [0.25, 0.3) is 5.56 Å². The van der Waals surface area contributed by atoms with Crippen LogP contribution in [0.15, 0.2) is 59.7 Å². The van der Waals surface area contributed by atoms with Crippen molar-refractivity contribution in [2.24, 2.45) is 0 Å². The van der Waals surface area contributed by atoms with E-state index in [4.69, 9.17) is 4.98 Å². The Balaban J connectivity index is 1.53. The van der Waals surface area contributed by atoms with Crippen LogP contribution >= 0.6 is 0 Å². The molecule has 1 aliphatic rings. The van der Waals surface area contributed by atoms with Gasteiger partial charge in [-0.25, -0.2) is 4.98 Å². The van der Waals surface area contributed by atoms with Gasteiger partial charge < -0.3 is 9.88 Å². The molecule has 1 atom stereocenters. The summed E-state index contributed by atoms with van der Waals surface area (Å²) < 4.78 is 0. The number of carbonyl (C=O) groups excluding carboxylic acids is 1. The van der Waals surface area contributed by atoms with Crippen LogP contribution in [-0.2, 0) is 11.2 Å². The largest absolute Gasteiger partial charge is 0.342 e. The van der Waals surface area contributed by atoms with Crippen LogP contribution in [0, 0.1) is 6.92 Å². The lowest BCUT2D eigenvalue weighted by molar-refractivity contribution is -0.131. The zero-order chi connectivity index (χ0) is 20.2. The molecule has 29 heavy (non-hydrogen) atoms. The quantitative estimate of drug-likeness (QED) is 0.745. The lowest BCUT2D eigenvalue weighted by Crippen LogP contribution is -2.40. The van der Waals surface area contributed by atoms with Crippen LogP contribution in [0.1, 0.15) is 35.7 Å². The Hall–Kier alpha value is -3.28. The van der Waals surface area contributed by atoms with E-state index >= 15 is 0 Å². The summed E-state index contributed by atoms with van der Waals surface area (Å²) in [6.07, 6.45) is 5.57. The average Bonchev–Trinajstić information content (AvgIpc) is 2.75. The molecule has 0 bridgehead atoms. The molecule has 1 N–H and O–H groups in total. The smallest absolute Gasteiger partial charge is 0.251 e. The molecule has 1 saturated heterocycles. The maximum Gasteiger partial charge on any atom is 0.251 e. The van der Waals surface area contributed by atoms with Gasteiger partial charge in [-0.2, -0.15) is 0 Å². The number of benzene rings is 1. The van der Waals surface area contributed by atoms with Crippen molar-refractivity contribution in [2.75, 3.05) is 13.1 Å². The fraction of sp³-hybridized carbons (Fsp3) is 0.304. The minimum atomic E-state index is -0.176. The Bertz CT molecular complexity index is 1060. The molecule has 1 amide bonds. The van der Waals surface area contributed by atoms with Crippen molar-refractivity contribution in [3.05, 3.63) is 82.2 Å². The average molecular weight is 388 g/mol. The molecule has 0 saturated carbocycles. The van der Waals surface area contributed by atoms with Gasteiger partial charge in [0.2, 0.25) is 5.91 Å². The van der Waals surface area contributed by atoms with Crippen LogP contribution in [0.4, 0.5) is 0 Å². The molecule has 1 aliphatic heterocycles. The maximum atomic E-state index is 12.9. The first-order chi connectivity index (χ1) is 14.1. The van der Waals surface area contributed by atoms with E-state index in [1.165, 1.54) is 6.07 Å². The highest BCUT2D eigenvalue weighted by atomic mass is 16.2. The molecule has 6 heteroatoms. The van der Waals surface area contributed by atoms with Gasteiger partial charge in [-0.15, -0.1) is 0 Å². The van der Waals surface area contributed by atoms with Crippen molar-refractivity contribution >= 4 is 5.91 Å². The minimum absolute atomic E-state index is 0.0269. The number of hydrogen-bond donors (Lipinski definition) is 1. The molecule has 0 radical (unpaired) electrons. The third-order valence-electron chi connectivity index (χ3n) is 5.50. The topological polar surface area (TPSA) is 79.0 Å². The van der Waals surface area contributed by atoms with Gasteiger partial charge >= 0.3 is 0 Å². The van der Waals surface area contributed by atoms with E-state index in [0.29, 0.717) is 24.5 Å². The van der Waals surface area contributed by atoms with Crippen LogP contribution in [0.2, 0.25) is 0 Å². The SMILES string of the molecule is Cc1ccccc1CC(=O)N1CCCC(c2nc(-c3ccncc3)cc(=O)[nH]2)C1. The van der Waals surface area contributed by atoms with Crippen molar-refractivity contribution in [3.63, 3.8) is 0 Å². The predicted octanol–water partition coefficient (Wildman–Crippen LogP) is 3.09. The first kappa shape index (κ1) is 19.1. The number of rotatable bonds is 4. The van der Waals surface area contributed by atoms with E-state index in [2.05, 4.69) is 9.97 Å². The van der Waals surface area contributed by atoms with Crippen LogP contribution in [-0.4, -0.2) is 38.8 Å². The summed E-state index contributed by atoms with van der Waals surface area (Å²) in [4.78, 5) is 38.6. The molecular weight excluding hydrogens is 364 g/mol. The molecule has 3 aromatic rings. The summed E-state index contributed by atoms with van der Waals surface area (Å²) >= 11 is 0. The van der Waals surface area contributed by atoms with Gasteiger partial charge in [-0.3, -0.25) is 14.6 Å². The van der Waals surface area contributed by atoms with Gasteiger partial charge in [0, 0.05) is 43.0 Å². The summed E-state index contributed by atoms with van der Waals surface area (Å²) in [7, 11) is 0. The number of aromatic nitrogens is 3. The second-order valence-corrected chi connectivity index (χ2v) is 7.53. The Morgan fingerprint density at radius 2 is 2.00 bits per heavy atom. The van der Waals surface area contributed by atoms with E-state index in [-0.39, 0.29) is 17.4 Å². The van der Waals surface area contributed by atoms with E-state index in [9.17, 15) is 9.59 Å². The second-order valence-electron chi connectivity index (χ2n) is 7.53. The number of aromatic amines is 1. The molecule has 3 heterocycles. The van der Waals surface area contributed by atoms with E-state index in [0.717, 1.165) is 36.1 Å². The van der Waals surface area contributed by atoms with Crippen molar-refractivity contribution in [1.29, 1.82) is 0 Å². The van der Waals surface area contributed by atoms with Crippen molar-refractivity contribution in [3.8, 4) is 11.3 Å². The first-order valence-electron chi connectivity index (χ1n) is 9.94. The van der Waals surface area contributed by atoms with Crippen LogP contribution in [0.3, 0.4) is 0 Å². The highest BCUT2D eigenvalue weighted by Gasteiger charge is 2.26.